The van der Waals surface area contributed by atoms with E-state index in [1.165, 1.54) is 16.5 Å². The molecule has 12 heavy (non-hydrogen) atoms. The maximum Gasteiger partial charge on any atom is 0.0456 e. The quantitative estimate of drug-likeness (QED) is 0.657. The van der Waals surface area contributed by atoms with E-state index in [-0.39, 0.29) is 0 Å². The SMILES string of the molecule is CC(C)c1cccc2[nH]ccc12. The van der Waals surface area contributed by atoms with Gasteiger partial charge in [-0.3, -0.25) is 0 Å². The standard InChI is InChI=1S/C11H13N/c1-8(2)9-4-3-5-11-10(9)6-7-12-11/h3-8,12H,1-2H3. The van der Waals surface area contributed by atoms with Crippen LogP contribution in [-0.2, 0) is 0 Å². The summed E-state index contributed by atoms with van der Waals surface area (Å²) in [6, 6.07) is 8.56. The van der Waals surface area contributed by atoms with Gasteiger partial charge in [-0.2, -0.15) is 0 Å². The molecular weight excluding hydrogens is 146 g/mol. The van der Waals surface area contributed by atoms with E-state index in [0.717, 1.165) is 0 Å². The number of aromatic nitrogens is 1. The molecule has 0 amide bonds. The van der Waals surface area contributed by atoms with E-state index in [1.807, 2.05) is 6.20 Å². The van der Waals surface area contributed by atoms with Gasteiger partial charge in [0.05, 0.1) is 0 Å². The van der Waals surface area contributed by atoms with E-state index < -0.39 is 0 Å². The first-order valence-corrected chi connectivity index (χ1v) is 4.35. The summed E-state index contributed by atoms with van der Waals surface area (Å²) >= 11 is 0. The Balaban J connectivity index is 2.73. The molecule has 0 saturated heterocycles. The first-order valence-electron chi connectivity index (χ1n) is 4.35. The maximum absolute atomic E-state index is 3.21. The molecule has 1 aromatic heterocycles. The van der Waals surface area contributed by atoms with Gasteiger partial charge in [-0.1, -0.05) is 26.0 Å². The van der Waals surface area contributed by atoms with Gasteiger partial charge in [0, 0.05) is 17.1 Å². The molecular formula is C11H13N. The number of hydrogen-bond donors (Lipinski definition) is 1. The van der Waals surface area contributed by atoms with Crippen molar-refractivity contribution in [3.05, 3.63) is 36.0 Å². The molecule has 2 rings (SSSR count). The number of rotatable bonds is 1. The molecule has 0 fully saturated rings. The highest BCUT2D eigenvalue weighted by Gasteiger charge is 2.03. The molecule has 0 spiro atoms. The van der Waals surface area contributed by atoms with Gasteiger partial charge in [0.2, 0.25) is 0 Å². The zero-order valence-electron chi connectivity index (χ0n) is 7.46. The van der Waals surface area contributed by atoms with Crippen LogP contribution in [0.1, 0.15) is 25.3 Å². The van der Waals surface area contributed by atoms with Crippen LogP contribution >= 0.6 is 0 Å². The van der Waals surface area contributed by atoms with Gasteiger partial charge in [0.25, 0.3) is 0 Å². The fourth-order valence-corrected chi connectivity index (χ4v) is 1.61. The summed E-state index contributed by atoms with van der Waals surface area (Å²) in [5, 5.41) is 1.35. The normalized spacial score (nSPS) is 11.2. The van der Waals surface area contributed by atoms with E-state index in [1.54, 1.807) is 0 Å². The number of benzene rings is 1. The van der Waals surface area contributed by atoms with Gasteiger partial charge in [-0.15, -0.1) is 0 Å². The minimum Gasteiger partial charge on any atom is -0.361 e. The zero-order valence-corrected chi connectivity index (χ0v) is 7.46. The topological polar surface area (TPSA) is 15.8 Å². The lowest BCUT2D eigenvalue weighted by Gasteiger charge is -2.05. The zero-order chi connectivity index (χ0) is 8.55. The second kappa shape index (κ2) is 2.67. The van der Waals surface area contributed by atoms with Crippen LogP contribution in [0.3, 0.4) is 0 Å². The monoisotopic (exact) mass is 159 g/mol. The average Bonchev–Trinajstić information content (AvgIpc) is 2.49. The van der Waals surface area contributed by atoms with Crippen molar-refractivity contribution in [2.24, 2.45) is 0 Å². The molecule has 0 aliphatic carbocycles. The number of aromatic amines is 1. The summed E-state index contributed by atoms with van der Waals surface area (Å²) in [6.45, 7) is 4.45. The smallest absolute Gasteiger partial charge is 0.0456 e. The largest absolute Gasteiger partial charge is 0.361 e. The highest BCUT2D eigenvalue weighted by molar-refractivity contribution is 5.83. The van der Waals surface area contributed by atoms with Gasteiger partial charge >= 0.3 is 0 Å². The van der Waals surface area contributed by atoms with Crippen LogP contribution in [0.25, 0.3) is 10.9 Å². The molecule has 0 saturated carbocycles. The Morgan fingerprint density at radius 2 is 2.00 bits per heavy atom. The van der Waals surface area contributed by atoms with Crippen molar-refractivity contribution >= 4 is 10.9 Å². The number of fused-ring (bicyclic) bond motifs is 1. The second-order valence-corrected chi connectivity index (χ2v) is 3.44. The molecule has 1 N–H and O–H groups in total. The van der Waals surface area contributed by atoms with Gasteiger partial charge in [-0.25, -0.2) is 0 Å². The first-order chi connectivity index (χ1) is 5.79. The van der Waals surface area contributed by atoms with E-state index in [9.17, 15) is 0 Å². The van der Waals surface area contributed by atoms with Crippen molar-refractivity contribution in [1.82, 2.24) is 4.98 Å². The first kappa shape index (κ1) is 7.41. The molecule has 2 aromatic rings. The maximum atomic E-state index is 3.21. The van der Waals surface area contributed by atoms with Crippen molar-refractivity contribution in [1.29, 1.82) is 0 Å². The number of H-pyrrole nitrogens is 1. The summed E-state index contributed by atoms with van der Waals surface area (Å²) in [5.74, 6) is 0.601. The lowest BCUT2D eigenvalue weighted by Crippen LogP contribution is -1.86. The highest BCUT2D eigenvalue weighted by atomic mass is 14.7. The van der Waals surface area contributed by atoms with Crippen molar-refractivity contribution < 1.29 is 0 Å². The Morgan fingerprint density at radius 1 is 1.17 bits per heavy atom. The Kier molecular flexibility index (Phi) is 1.65. The number of nitrogens with one attached hydrogen (secondary N) is 1. The molecule has 62 valence electrons. The van der Waals surface area contributed by atoms with E-state index in [4.69, 9.17) is 0 Å². The molecule has 0 radical (unpaired) electrons. The summed E-state index contributed by atoms with van der Waals surface area (Å²) < 4.78 is 0. The molecule has 1 nitrogen and oxygen atoms in total. The third kappa shape index (κ3) is 1.02. The molecule has 1 aromatic carbocycles. The van der Waals surface area contributed by atoms with E-state index >= 15 is 0 Å². The number of hydrogen-bond acceptors (Lipinski definition) is 0. The lowest BCUT2D eigenvalue weighted by molar-refractivity contribution is 0.876. The third-order valence-corrected chi connectivity index (χ3v) is 2.25. The molecule has 1 heterocycles. The molecule has 0 bridgehead atoms. The summed E-state index contributed by atoms with van der Waals surface area (Å²) in [4.78, 5) is 3.21. The third-order valence-electron chi connectivity index (χ3n) is 2.25. The van der Waals surface area contributed by atoms with Crippen LogP contribution < -0.4 is 0 Å². The van der Waals surface area contributed by atoms with Crippen LogP contribution in [0.5, 0.6) is 0 Å². The molecule has 1 heteroatoms. The summed E-state index contributed by atoms with van der Waals surface area (Å²) in [7, 11) is 0. The van der Waals surface area contributed by atoms with Gasteiger partial charge in [0.1, 0.15) is 0 Å². The van der Waals surface area contributed by atoms with E-state index in [2.05, 4.69) is 43.1 Å². The van der Waals surface area contributed by atoms with Crippen LogP contribution in [0.4, 0.5) is 0 Å². The second-order valence-electron chi connectivity index (χ2n) is 3.44. The predicted molar refractivity (Wildman–Crippen MR) is 52.4 cm³/mol. The Bertz CT molecular complexity index is 385. The molecule has 0 unspecified atom stereocenters. The Labute approximate surface area is 72.4 Å². The summed E-state index contributed by atoms with van der Waals surface area (Å²) in [5.41, 5.74) is 2.66. The molecule has 0 atom stereocenters. The van der Waals surface area contributed by atoms with Crippen molar-refractivity contribution in [3.8, 4) is 0 Å². The Morgan fingerprint density at radius 3 is 2.75 bits per heavy atom. The van der Waals surface area contributed by atoms with Crippen LogP contribution in [0.15, 0.2) is 30.5 Å². The van der Waals surface area contributed by atoms with Crippen molar-refractivity contribution in [3.63, 3.8) is 0 Å². The van der Waals surface area contributed by atoms with Crippen LogP contribution in [0.2, 0.25) is 0 Å². The van der Waals surface area contributed by atoms with Crippen LogP contribution in [-0.4, -0.2) is 4.98 Å². The van der Waals surface area contributed by atoms with Crippen molar-refractivity contribution in [2.45, 2.75) is 19.8 Å². The summed E-state index contributed by atoms with van der Waals surface area (Å²) in [6.07, 6.45) is 2.00. The lowest BCUT2D eigenvalue weighted by atomic mass is 10.00. The average molecular weight is 159 g/mol. The minimum absolute atomic E-state index is 0.601. The predicted octanol–water partition coefficient (Wildman–Crippen LogP) is 3.29. The van der Waals surface area contributed by atoms with Gasteiger partial charge in [-0.05, 0) is 23.6 Å². The Hall–Kier alpha value is -1.24. The van der Waals surface area contributed by atoms with Crippen molar-refractivity contribution in [2.75, 3.05) is 0 Å². The molecule has 0 aliphatic rings. The van der Waals surface area contributed by atoms with Gasteiger partial charge < -0.3 is 4.98 Å². The minimum atomic E-state index is 0.601. The molecule has 0 aliphatic heterocycles. The van der Waals surface area contributed by atoms with Crippen LogP contribution in [0, 0.1) is 0 Å². The van der Waals surface area contributed by atoms with E-state index in [0.29, 0.717) is 5.92 Å². The fraction of sp³-hybridized carbons (Fsp3) is 0.273. The van der Waals surface area contributed by atoms with Gasteiger partial charge in [0.15, 0.2) is 0 Å². The highest BCUT2D eigenvalue weighted by Crippen LogP contribution is 2.23. The fourth-order valence-electron chi connectivity index (χ4n) is 1.61.